The molecule has 136 valence electrons. The molecule has 2 amide bonds. The topological polar surface area (TPSA) is 86.7 Å². The highest BCUT2D eigenvalue weighted by Crippen LogP contribution is 2.19. The second-order valence-corrected chi connectivity index (χ2v) is 6.03. The molecule has 0 bridgehead atoms. The number of carbonyl (C=O) groups excluding carboxylic acids is 2. The smallest absolute Gasteiger partial charge is 0.326 e. The summed E-state index contributed by atoms with van der Waals surface area (Å²) < 4.78 is 0. The minimum absolute atomic E-state index is 0.0310. The van der Waals surface area contributed by atoms with Crippen LogP contribution in [0.2, 0.25) is 0 Å². The Bertz CT molecular complexity index is 762. The monoisotopic (exact) mass is 354 g/mol. The number of carboxylic acids is 1. The lowest BCUT2D eigenvalue weighted by Gasteiger charge is -2.25. The third-order valence-electron chi connectivity index (χ3n) is 4.25. The number of aliphatic carboxylic acids is 1. The Labute approximate surface area is 152 Å². The van der Waals surface area contributed by atoms with Crippen LogP contribution < -0.4 is 5.32 Å². The predicted molar refractivity (Wildman–Crippen MR) is 97.6 cm³/mol. The number of likely N-dealkylation sites (N-methyl/N-ethyl adjacent to an activating group) is 1. The van der Waals surface area contributed by atoms with Crippen LogP contribution in [0.4, 0.5) is 0 Å². The zero-order valence-electron chi connectivity index (χ0n) is 14.8. The highest BCUT2D eigenvalue weighted by molar-refractivity contribution is 5.94. The van der Waals surface area contributed by atoms with Gasteiger partial charge in [0.1, 0.15) is 6.04 Å². The largest absolute Gasteiger partial charge is 0.480 e. The zero-order chi connectivity index (χ0) is 19.1. The SMILES string of the molecule is CC(C(=O)O)N(C)C(=O)CC(NC(=O)c1ccccc1)c1ccccc1. The quantitative estimate of drug-likeness (QED) is 0.800. The van der Waals surface area contributed by atoms with E-state index in [0.717, 1.165) is 5.56 Å². The molecule has 2 aromatic rings. The molecule has 6 nitrogen and oxygen atoms in total. The van der Waals surface area contributed by atoms with E-state index in [1.165, 1.54) is 18.9 Å². The molecule has 2 N–H and O–H groups in total. The zero-order valence-corrected chi connectivity index (χ0v) is 14.8. The average Bonchev–Trinajstić information content (AvgIpc) is 2.67. The lowest BCUT2D eigenvalue weighted by atomic mass is 10.0. The Morgan fingerprint density at radius 1 is 1.00 bits per heavy atom. The summed E-state index contributed by atoms with van der Waals surface area (Å²) in [5.74, 6) is -1.73. The van der Waals surface area contributed by atoms with E-state index >= 15 is 0 Å². The molecule has 2 unspecified atom stereocenters. The van der Waals surface area contributed by atoms with Gasteiger partial charge in [-0.1, -0.05) is 48.5 Å². The fourth-order valence-electron chi connectivity index (χ4n) is 2.47. The molecular formula is C20H22N2O4. The van der Waals surface area contributed by atoms with Gasteiger partial charge in [-0.2, -0.15) is 0 Å². The van der Waals surface area contributed by atoms with E-state index in [1.807, 2.05) is 36.4 Å². The van der Waals surface area contributed by atoms with Crippen LogP contribution in [-0.2, 0) is 9.59 Å². The number of carbonyl (C=O) groups is 3. The first-order chi connectivity index (χ1) is 12.4. The molecule has 2 aromatic carbocycles. The Balaban J connectivity index is 2.18. The second kappa shape index (κ2) is 8.80. The summed E-state index contributed by atoms with van der Waals surface area (Å²) >= 11 is 0. The lowest BCUT2D eigenvalue weighted by Crippen LogP contribution is -2.42. The summed E-state index contributed by atoms with van der Waals surface area (Å²) in [5, 5.41) is 12.0. The standard InChI is InChI=1S/C20H22N2O4/c1-14(20(25)26)22(2)18(23)13-17(15-9-5-3-6-10-15)21-19(24)16-11-7-4-8-12-16/h3-12,14,17H,13H2,1-2H3,(H,21,24)(H,25,26). The molecule has 0 aliphatic carbocycles. The molecule has 0 saturated carbocycles. The van der Waals surface area contributed by atoms with Crippen molar-refractivity contribution in [3.8, 4) is 0 Å². The van der Waals surface area contributed by atoms with Gasteiger partial charge in [0.15, 0.2) is 0 Å². The van der Waals surface area contributed by atoms with Crippen molar-refractivity contribution < 1.29 is 19.5 Å². The predicted octanol–water partition coefficient (Wildman–Crippen LogP) is 2.48. The third-order valence-corrected chi connectivity index (χ3v) is 4.25. The summed E-state index contributed by atoms with van der Waals surface area (Å²) in [6.07, 6.45) is -0.0310. The van der Waals surface area contributed by atoms with Gasteiger partial charge in [0.05, 0.1) is 12.5 Å². The van der Waals surface area contributed by atoms with Gasteiger partial charge >= 0.3 is 5.97 Å². The number of nitrogens with zero attached hydrogens (tertiary/aromatic N) is 1. The number of hydrogen-bond donors (Lipinski definition) is 2. The third kappa shape index (κ3) is 4.92. The van der Waals surface area contributed by atoms with E-state index in [0.29, 0.717) is 5.56 Å². The van der Waals surface area contributed by atoms with Crippen LogP contribution in [0, 0.1) is 0 Å². The van der Waals surface area contributed by atoms with Gasteiger partial charge in [-0.25, -0.2) is 4.79 Å². The normalized spacial score (nSPS) is 12.7. The van der Waals surface area contributed by atoms with Crippen LogP contribution >= 0.6 is 0 Å². The molecule has 0 aliphatic rings. The van der Waals surface area contributed by atoms with Gasteiger partial charge < -0.3 is 15.3 Å². The maximum absolute atomic E-state index is 12.5. The Hall–Kier alpha value is -3.15. The summed E-state index contributed by atoms with van der Waals surface area (Å²) in [6.45, 7) is 1.44. The van der Waals surface area contributed by atoms with E-state index < -0.39 is 18.1 Å². The van der Waals surface area contributed by atoms with E-state index in [-0.39, 0.29) is 18.2 Å². The van der Waals surface area contributed by atoms with Crippen molar-refractivity contribution in [2.45, 2.75) is 25.4 Å². The number of nitrogens with one attached hydrogen (secondary N) is 1. The molecule has 0 aliphatic heterocycles. The minimum atomic E-state index is -1.08. The molecule has 2 rings (SSSR count). The Morgan fingerprint density at radius 2 is 1.54 bits per heavy atom. The van der Waals surface area contributed by atoms with Crippen LogP contribution in [0.25, 0.3) is 0 Å². The van der Waals surface area contributed by atoms with Crippen molar-refractivity contribution in [1.29, 1.82) is 0 Å². The van der Waals surface area contributed by atoms with Crippen molar-refractivity contribution in [3.63, 3.8) is 0 Å². The van der Waals surface area contributed by atoms with Crippen LogP contribution in [0.3, 0.4) is 0 Å². The summed E-state index contributed by atoms with van der Waals surface area (Å²) in [6, 6.07) is 16.4. The molecule has 0 spiro atoms. The highest BCUT2D eigenvalue weighted by Gasteiger charge is 2.26. The average molecular weight is 354 g/mol. The second-order valence-electron chi connectivity index (χ2n) is 6.03. The molecule has 6 heteroatoms. The number of carboxylic acid groups (broad SMARTS) is 1. The van der Waals surface area contributed by atoms with Crippen LogP contribution in [-0.4, -0.2) is 40.9 Å². The summed E-state index contributed by atoms with van der Waals surface area (Å²) in [7, 11) is 1.45. The van der Waals surface area contributed by atoms with Gasteiger partial charge in [-0.3, -0.25) is 9.59 Å². The molecular weight excluding hydrogens is 332 g/mol. The molecule has 0 saturated heterocycles. The summed E-state index contributed by atoms with van der Waals surface area (Å²) in [5.41, 5.74) is 1.27. The Morgan fingerprint density at radius 3 is 2.08 bits per heavy atom. The number of benzene rings is 2. The van der Waals surface area contributed by atoms with Crippen molar-refractivity contribution in [2.75, 3.05) is 7.05 Å². The fourth-order valence-corrected chi connectivity index (χ4v) is 2.47. The van der Waals surface area contributed by atoms with Crippen molar-refractivity contribution in [2.24, 2.45) is 0 Å². The van der Waals surface area contributed by atoms with Gasteiger partial charge in [0, 0.05) is 12.6 Å². The molecule has 26 heavy (non-hydrogen) atoms. The van der Waals surface area contributed by atoms with Crippen LogP contribution in [0.1, 0.15) is 35.3 Å². The first-order valence-electron chi connectivity index (χ1n) is 8.29. The van der Waals surface area contributed by atoms with Crippen molar-refractivity contribution in [1.82, 2.24) is 10.2 Å². The first-order valence-corrected chi connectivity index (χ1v) is 8.29. The van der Waals surface area contributed by atoms with Gasteiger partial charge in [-0.15, -0.1) is 0 Å². The lowest BCUT2D eigenvalue weighted by molar-refractivity contribution is -0.148. The Kier molecular flexibility index (Phi) is 6.49. The van der Waals surface area contributed by atoms with Crippen molar-refractivity contribution >= 4 is 17.8 Å². The maximum atomic E-state index is 12.5. The molecule has 2 atom stereocenters. The fraction of sp³-hybridized carbons (Fsp3) is 0.250. The van der Waals surface area contributed by atoms with Crippen LogP contribution in [0.15, 0.2) is 60.7 Å². The number of hydrogen-bond acceptors (Lipinski definition) is 3. The van der Waals surface area contributed by atoms with E-state index in [9.17, 15) is 14.4 Å². The van der Waals surface area contributed by atoms with Gasteiger partial charge in [-0.05, 0) is 24.6 Å². The number of rotatable bonds is 7. The number of amides is 2. The highest BCUT2D eigenvalue weighted by atomic mass is 16.4. The van der Waals surface area contributed by atoms with Crippen molar-refractivity contribution in [3.05, 3.63) is 71.8 Å². The minimum Gasteiger partial charge on any atom is -0.480 e. The van der Waals surface area contributed by atoms with Gasteiger partial charge in [0.2, 0.25) is 5.91 Å². The van der Waals surface area contributed by atoms with E-state index in [4.69, 9.17) is 5.11 Å². The first kappa shape index (κ1) is 19.2. The molecule has 0 heterocycles. The molecule has 0 radical (unpaired) electrons. The van der Waals surface area contributed by atoms with E-state index in [1.54, 1.807) is 24.3 Å². The molecule has 0 fully saturated rings. The van der Waals surface area contributed by atoms with Crippen LogP contribution in [0.5, 0.6) is 0 Å². The van der Waals surface area contributed by atoms with Gasteiger partial charge in [0.25, 0.3) is 5.91 Å². The molecule has 0 aromatic heterocycles. The summed E-state index contributed by atoms with van der Waals surface area (Å²) in [4.78, 5) is 37.3. The van der Waals surface area contributed by atoms with E-state index in [2.05, 4.69) is 5.32 Å². The maximum Gasteiger partial charge on any atom is 0.326 e.